The molecule has 3 aromatic rings. The molecule has 0 bridgehead atoms. The molecule has 4 rings (SSSR count). The number of aryl methyl sites for hydroxylation is 1. The van der Waals surface area contributed by atoms with Crippen LogP contribution in [0, 0.1) is 5.92 Å². The number of carbonyl (C=O) groups excluding carboxylic acids is 2. The molecule has 0 aromatic heterocycles. The molecule has 0 spiro atoms. The Morgan fingerprint density at radius 1 is 1.00 bits per heavy atom. The minimum absolute atomic E-state index is 0.0158. The second kappa shape index (κ2) is 9.69. The van der Waals surface area contributed by atoms with E-state index in [1.807, 2.05) is 78.9 Å². The number of hydrogen-bond acceptors (Lipinski definition) is 3. The maximum absolute atomic E-state index is 13.5. The van der Waals surface area contributed by atoms with Crippen LogP contribution in [0.25, 0.3) is 0 Å². The fraction of sp³-hybridized carbons (Fsp3) is 0.259. The molecule has 32 heavy (non-hydrogen) atoms. The molecule has 2 atom stereocenters. The fourth-order valence-electron chi connectivity index (χ4n) is 4.42. The SMILES string of the molecule is CCc1ccccc1NC(=O)[C@@H]1CCC(=O)N(c2ccc(OC)cc2)[C@H]1c1ccccc1. The summed E-state index contributed by atoms with van der Waals surface area (Å²) in [6.45, 7) is 2.07. The van der Waals surface area contributed by atoms with Gasteiger partial charge in [-0.25, -0.2) is 0 Å². The molecular weight excluding hydrogens is 400 g/mol. The molecule has 5 nitrogen and oxygen atoms in total. The summed E-state index contributed by atoms with van der Waals surface area (Å²) >= 11 is 0. The van der Waals surface area contributed by atoms with E-state index in [1.165, 1.54) is 0 Å². The molecule has 0 radical (unpaired) electrons. The first-order valence-electron chi connectivity index (χ1n) is 11.0. The van der Waals surface area contributed by atoms with E-state index in [2.05, 4.69) is 12.2 Å². The molecule has 0 saturated carbocycles. The normalized spacial score (nSPS) is 18.3. The third-order valence-electron chi connectivity index (χ3n) is 6.08. The monoisotopic (exact) mass is 428 g/mol. The summed E-state index contributed by atoms with van der Waals surface area (Å²) in [5.41, 5.74) is 3.63. The quantitative estimate of drug-likeness (QED) is 0.573. The molecule has 0 unspecified atom stereocenters. The highest BCUT2D eigenvalue weighted by Gasteiger charge is 2.41. The van der Waals surface area contributed by atoms with Crippen LogP contribution in [-0.2, 0) is 16.0 Å². The molecule has 5 heteroatoms. The predicted octanol–water partition coefficient (Wildman–Crippen LogP) is 5.38. The van der Waals surface area contributed by atoms with Crippen LogP contribution in [0.3, 0.4) is 0 Å². The van der Waals surface area contributed by atoms with Gasteiger partial charge >= 0.3 is 0 Å². The van der Waals surface area contributed by atoms with Crippen LogP contribution < -0.4 is 15.0 Å². The molecule has 1 aliphatic heterocycles. The minimum Gasteiger partial charge on any atom is -0.497 e. The molecule has 1 fully saturated rings. The summed E-state index contributed by atoms with van der Waals surface area (Å²) in [5.74, 6) is 0.301. The third kappa shape index (κ3) is 4.37. The maximum Gasteiger partial charge on any atom is 0.229 e. The standard InChI is InChI=1S/C27H28N2O3/c1-3-19-9-7-8-12-24(19)28-27(31)23-17-18-25(30)29(21-13-15-22(32-2)16-14-21)26(23)20-10-5-4-6-11-20/h4-16,23,26H,3,17-18H2,1-2H3,(H,28,31)/t23-,26+/m1/s1. The number of benzene rings is 3. The number of piperidine rings is 1. The smallest absolute Gasteiger partial charge is 0.229 e. The van der Waals surface area contributed by atoms with E-state index in [1.54, 1.807) is 12.0 Å². The zero-order valence-electron chi connectivity index (χ0n) is 18.5. The van der Waals surface area contributed by atoms with Gasteiger partial charge in [-0.15, -0.1) is 0 Å². The van der Waals surface area contributed by atoms with Gasteiger partial charge in [0.25, 0.3) is 0 Å². The number of para-hydroxylation sites is 1. The van der Waals surface area contributed by atoms with Crippen molar-refractivity contribution >= 4 is 23.2 Å². The topological polar surface area (TPSA) is 58.6 Å². The number of carbonyl (C=O) groups is 2. The van der Waals surface area contributed by atoms with Crippen molar-refractivity contribution in [1.82, 2.24) is 0 Å². The number of ether oxygens (including phenoxy) is 1. The van der Waals surface area contributed by atoms with Gasteiger partial charge < -0.3 is 15.0 Å². The van der Waals surface area contributed by atoms with Crippen molar-refractivity contribution in [2.75, 3.05) is 17.3 Å². The van der Waals surface area contributed by atoms with E-state index in [9.17, 15) is 9.59 Å². The van der Waals surface area contributed by atoms with Gasteiger partial charge in [-0.1, -0.05) is 55.5 Å². The summed E-state index contributed by atoms with van der Waals surface area (Å²) in [6.07, 6.45) is 1.66. The van der Waals surface area contributed by atoms with Crippen molar-refractivity contribution < 1.29 is 14.3 Å². The lowest BCUT2D eigenvalue weighted by atomic mass is 9.83. The lowest BCUT2D eigenvalue weighted by molar-refractivity contribution is -0.125. The van der Waals surface area contributed by atoms with Gasteiger partial charge in [0.15, 0.2) is 0 Å². The van der Waals surface area contributed by atoms with E-state index in [0.29, 0.717) is 12.8 Å². The number of rotatable bonds is 6. The van der Waals surface area contributed by atoms with Crippen LogP contribution in [0.2, 0.25) is 0 Å². The maximum atomic E-state index is 13.5. The lowest BCUT2D eigenvalue weighted by Gasteiger charge is -2.41. The van der Waals surface area contributed by atoms with Crippen LogP contribution >= 0.6 is 0 Å². The van der Waals surface area contributed by atoms with E-state index >= 15 is 0 Å². The molecule has 1 heterocycles. The van der Waals surface area contributed by atoms with Crippen molar-refractivity contribution in [2.45, 2.75) is 32.2 Å². The Kier molecular flexibility index (Phi) is 6.55. The van der Waals surface area contributed by atoms with Crippen molar-refractivity contribution in [3.8, 4) is 5.75 Å². The average molecular weight is 429 g/mol. The summed E-state index contributed by atoms with van der Waals surface area (Å²) in [6, 6.07) is 24.7. The number of nitrogens with one attached hydrogen (secondary N) is 1. The van der Waals surface area contributed by atoms with Crippen LogP contribution in [0.4, 0.5) is 11.4 Å². The number of amides is 2. The minimum atomic E-state index is -0.389. The molecule has 164 valence electrons. The molecule has 0 aliphatic carbocycles. The van der Waals surface area contributed by atoms with Gasteiger partial charge in [0.05, 0.1) is 19.1 Å². The zero-order chi connectivity index (χ0) is 22.5. The Labute approximate surface area is 189 Å². The highest BCUT2D eigenvalue weighted by molar-refractivity contribution is 6.00. The number of nitrogens with zero attached hydrogens (tertiary/aromatic N) is 1. The molecular formula is C27H28N2O3. The number of methoxy groups -OCH3 is 1. The molecule has 1 N–H and O–H groups in total. The number of anilines is 2. The second-order valence-electron chi connectivity index (χ2n) is 7.96. The Hall–Kier alpha value is -3.60. The van der Waals surface area contributed by atoms with E-state index in [-0.39, 0.29) is 23.8 Å². The average Bonchev–Trinajstić information content (AvgIpc) is 2.84. The van der Waals surface area contributed by atoms with Crippen LogP contribution in [-0.4, -0.2) is 18.9 Å². The van der Waals surface area contributed by atoms with Gasteiger partial charge in [0, 0.05) is 17.8 Å². The van der Waals surface area contributed by atoms with Crippen molar-refractivity contribution in [3.05, 3.63) is 90.0 Å². The Morgan fingerprint density at radius 3 is 2.38 bits per heavy atom. The zero-order valence-corrected chi connectivity index (χ0v) is 18.5. The molecule has 1 saturated heterocycles. The van der Waals surface area contributed by atoms with Crippen LogP contribution in [0.1, 0.15) is 36.9 Å². The number of hydrogen-bond donors (Lipinski definition) is 1. The predicted molar refractivity (Wildman–Crippen MR) is 127 cm³/mol. The first-order valence-corrected chi connectivity index (χ1v) is 11.0. The largest absolute Gasteiger partial charge is 0.497 e. The van der Waals surface area contributed by atoms with Crippen LogP contribution in [0.15, 0.2) is 78.9 Å². The van der Waals surface area contributed by atoms with E-state index < -0.39 is 0 Å². The second-order valence-corrected chi connectivity index (χ2v) is 7.96. The van der Waals surface area contributed by atoms with Gasteiger partial charge in [-0.3, -0.25) is 9.59 Å². The highest BCUT2D eigenvalue weighted by Crippen LogP contribution is 2.41. The Balaban J connectivity index is 1.72. The molecule has 1 aliphatic rings. The van der Waals surface area contributed by atoms with Crippen LogP contribution in [0.5, 0.6) is 5.75 Å². The first kappa shape index (κ1) is 21.6. The van der Waals surface area contributed by atoms with Gasteiger partial charge in [0.1, 0.15) is 5.75 Å². The lowest BCUT2D eigenvalue weighted by Crippen LogP contribution is -2.47. The third-order valence-corrected chi connectivity index (χ3v) is 6.08. The highest BCUT2D eigenvalue weighted by atomic mass is 16.5. The summed E-state index contributed by atoms with van der Waals surface area (Å²) in [4.78, 5) is 28.4. The van der Waals surface area contributed by atoms with Gasteiger partial charge in [-0.05, 0) is 54.3 Å². The van der Waals surface area contributed by atoms with E-state index in [4.69, 9.17) is 4.74 Å². The van der Waals surface area contributed by atoms with E-state index in [0.717, 1.165) is 34.7 Å². The first-order chi connectivity index (χ1) is 15.6. The summed E-state index contributed by atoms with van der Waals surface area (Å²) < 4.78 is 5.27. The Morgan fingerprint density at radius 2 is 1.69 bits per heavy atom. The van der Waals surface area contributed by atoms with Crippen molar-refractivity contribution in [2.24, 2.45) is 5.92 Å². The summed E-state index contributed by atoms with van der Waals surface area (Å²) in [5, 5.41) is 3.14. The van der Waals surface area contributed by atoms with Crippen molar-refractivity contribution in [3.63, 3.8) is 0 Å². The Bertz CT molecular complexity index is 1080. The van der Waals surface area contributed by atoms with Gasteiger partial charge in [-0.2, -0.15) is 0 Å². The van der Waals surface area contributed by atoms with Crippen molar-refractivity contribution in [1.29, 1.82) is 0 Å². The molecule has 2 amide bonds. The van der Waals surface area contributed by atoms with Gasteiger partial charge in [0.2, 0.25) is 11.8 Å². The fourth-order valence-corrected chi connectivity index (χ4v) is 4.42. The summed E-state index contributed by atoms with van der Waals surface area (Å²) in [7, 11) is 1.61. The molecule has 3 aromatic carbocycles.